The number of thiocarbonyl (C=S) groups is 1. The van der Waals surface area contributed by atoms with Crippen molar-refractivity contribution in [2.45, 2.75) is 6.92 Å². The number of hydrogen-bond acceptors (Lipinski definition) is 2. The first-order valence-electron chi connectivity index (χ1n) is 6.35. The van der Waals surface area contributed by atoms with Gasteiger partial charge < -0.3 is 5.32 Å². The zero-order valence-electron chi connectivity index (χ0n) is 11.6. The highest BCUT2D eigenvalue weighted by molar-refractivity contribution is 7.80. The predicted octanol–water partition coefficient (Wildman–Crippen LogP) is 2.90. The average molecular weight is 321 g/mol. The molecule has 0 spiro atoms. The van der Waals surface area contributed by atoms with Crippen molar-refractivity contribution in [2.24, 2.45) is 0 Å². The zero-order valence-corrected chi connectivity index (χ0v) is 12.4. The zero-order chi connectivity index (χ0) is 16.1. The summed E-state index contributed by atoms with van der Waals surface area (Å²) in [5.41, 5.74) is 6.09. The summed E-state index contributed by atoms with van der Waals surface area (Å²) in [7, 11) is 0. The van der Waals surface area contributed by atoms with Gasteiger partial charge in [0.05, 0.1) is 0 Å². The number of amides is 1. The summed E-state index contributed by atoms with van der Waals surface area (Å²) >= 11 is 4.98. The first-order chi connectivity index (χ1) is 10.5. The molecule has 0 atom stereocenters. The molecular weight excluding hydrogens is 308 g/mol. The number of halogens is 2. The lowest BCUT2D eigenvalue weighted by molar-refractivity contribution is 0.0944. The molecule has 114 valence electrons. The van der Waals surface area contributed by atoms with E-state index in [0.717, 1.165) is 0 Å². The van der Waals surface area contributed by atoms with E-state index >= 15 is 0 Å². The van der Waals surface area contributed by atoms with Gasteiger partial charge in [-0.3, -0.25) is 15.6 Å². The highest BCUT2D eigenvalue weighted by Gasteiger charge is 2.06. The van der Waals surface area contributed by atoms with Gasteiger partial charge in [0.1, 0.15) is 11.6 Å². The number of benzene rings is 2. The van der Waals surface area contributed by atoms with Crippen LogP contribution in [0.5, 0.6) is 0 Å². The van der Waals surface area contributed by atoms with Crippen LogP contribution in [0.1, 0.15) is 15.9 Å². The van der Waals surface area contributed by atoms with E-state index in [1.54, 1.807) is 19.1 Å². The second kappa shape index (κ2) is 6.95. The molecule has 0 radical (unpaired) electrons. The van der Waals surface area contributed by atoms with E-state index in [0.29, 0.717) is 11.3 Å². The predicted molar refractivity (Wildman–Crippen MR) is 84.4 cm³/mol. The van der Waals surface area contributed by atoms with Crippen LogP contribution in [-0.4, -0.2) is 11.0 Å². The molecular formula is C15H13F2N3OS. The number of rotatable bonds is 2. The number of aryl methyl sites for hydroxylation is 1. The van der Waals surface area contributed by atoms with Crippen LogP contribution in [0, 0.1) is 18.6 Å². The Morgan fingerprint density at radius 2 is 1.73 bits per heavy atom. The van der Waals surface area contributed by atoms with Crippen molar-refractivity contribution in [1.29, 1.82) is 0 Å². The first kappa shape index (κ1) is 15.8. The fraction of sp³-hybridized carbons (Fsp3) is 0.0667. The van der Waals surface area contributed by atoms with Crippen LogP contribution in [0.2, 0.25) is 0 Å². The maximum absolute atomic E-state index is 13.4. The summed E-state index contributed by atoms with van der Waals surface area (Å²) in [6.45, 7) is 1.65. The van der Waals surface area contributed by atoms with E-state index in [9.17, 15) is 13.6 Å². The van der Waals surface area contributed by atoms with E-state index in [1.165, 1.54) is 30.3 Å². The van der Waals surface area contributed by atoms with E-state index in [-0.39, 0.29) is 16.5 Å². The molecule has 0 unspecified atom stereocenters. The molecule has 0 bridgehead atoms. The molecule has 0 aliphatic rings. The molecule has 1 amide bonds. The smallest absolute Gasteiger partial charge is 0.269 e. The van der Waals surface area contributed by atoms with Crippen molar-refractivity contribution in [3.05, 3.63) is 65.2 Å². The van der Waals surface area contributed by atoms with Crippen LogP contribution in [0.15, 0.2) is 42.5 Å². The quantitative estimate of drug-likeness (QED) is 0.588. The third kappa shape index (κ3) is 4.23. The standard InChI is InChI=1S/C15H13F2N3OS/c1-9-2-7-12(8-13(9)17)18-15(22)20-19-14(21)10-3-5-11(16)6-4-10/h2-8H,1H3,(H,19,21)(H2,18,20,22). The lowest BCUT2D eigenvalue weighted by Crippen LogP contribution is -2.43. The van der Waals surface area contributed by atoms with Crippen LogP contribution in [0.4, 0.5) is 14.5 Å². The summed E-state index contributed by atoms with van der Waals surface area (Å²) in [5, 5.41) is 2.83. The van der Waals surface area contributed by atoms with Crippen molar-refractivity contribution in [3.8, 4) is 0 Å². The molecule has 2 rings (SSSR count). The van der Waals surface area contributed by atoms with Gasteiger partial charge in [-0.15, -0.1) is 0 Å². The van der Waals surface area contributed by atoms with Crippen molar-refractivity contribution in [2.75, 3.05) is 5.32 Å². The van der Waals surface area contributed by atoms with Gasteiger partial charge in [-0.2, -0.15) is 0 Å². The van der Waals surface area contributed by atoms with Gasteiger partial charge in [0.15, 0.2) is 5.11 Å². The van der Waals surface area contributed by atoms with Crippen molar-refractivity contribution in [3.63, 3.8) is 0 Å². The normalized spacial score (nSPS) is 9.95. The van der Waals surface area contributed by atoms with E-state index in [4.69, 9.17) is 12.2 Å². The third-order valence-corrected chi connectivity index (χ3v) is 3.03. The van der Waals surface area contributed by atoms with Gasteiger partial charge >= 0.3 is 0 Å². The van der Waals surface area contributed by atoms with E-state index in [1.807, 2.05) is 0 Å². The Balaban J connectivity index is 1.88. The van der Waals surface area contributed by atoms with Crippen LogP contribution in [-0.2, 0) is 0 Å². The summed E-state index contributed by atoms with van der Waals surface area (Å²) in [5.74, 6) is -1.26. The van der Waals surface area contributed by atoms with Crippen molar-refractivity contribution in [1.82, 2.24) is 10.9 Å². The SMILES string of the molecule is Cc1ccc(NC(=S)NNC(=O)c2ccc(F)cc2)cc1F. The van der Waals surface area contributed by atoms with Crippen LogP contribution in [0.3, 0.4) is 0 Å². The Morgan fingerprint density at radius 1 is 1.05 bits per heavy atom. The fourth-order valence-corrected chi connectivity index (χ4v) is 1.79. The Hall–Kier alpha value is -2.54. The molecule has 0 aliphatic carbocycles. The molecule has 0 saturated carbocycles. The minimum Gasteiger partial charge on any atom is -0.331 e. The molecule has 0 aliphatic heterocycles. The third-order valence-electron chi connectivity index (χ3n) is 2.83. The molecule has 0 heterocycles. The van der Waals surface area contributed by atoms with Crippen LogP contribution < -0.4 is 16.2 Å². The van der Waals surface area contributed by atoms with Gasteiger partial charge in [-0.1, -0.05) is 6.07 Å². The maximum Gasteiger partial charge on any atom is 0.269 e. The van der Waals surface area contributed by atoms with Gasteiger partial charge in [0.2, 0.25) is 0 Å². The number of nitrogens with one attached hydrogen (secondary N) is 3. The summed E-state index contributed by atoms with van der Waals surface area (Å²) in [6.07, 6.45) is 0. The number of carbonyl (C=O) groups excluding carboxylic acids is 1. The molecule has 0 fully saturated rings. The lowest BCUT2D eigenvalue weighted by Gasteiger charge is -2.12. The second-order valence-electron chi connectivity index (χ2n) is 4.50. The van der Waals surface area contributed by atoms with Gasteiger partial charge in [-0.05, 0) is 61.1 Å². The number of anilines is 1. The lowest BCUT2D eigenvalue weighted by atomic mass is 10.2. The maximum atomic E-state index is 13.4. The van der Waals surface area contributed by atoms with Crippen molar-refractivity contribution < 1.29 is 13.6 Å². The summed E-state index contributed by atoms with van der Waals surface area (Å²) in [4.78, 5) is 11.8. The van der Waals surface area contributed by atoms with E-state index < -0.39 is 11.7 Å². The largest absolute Gasteiger partial charge is 0.331 e. The van der Waals surface area contributed by atoms with Crippen LogP contribution in [0.25, 0.3) is 0 Å². The Labute approximate surface area is 131 Å². The molecule has 7 heteroatoms. The van der Waals surface area contributed by atoms with Crippen molar-refractivity contribution >= 4 is 28.9 Å². The minimum atomic E-state index is -0.473. The molecule has 22 heavy (non-hydrogen) atoms. The number of hydrazine groups is 1. The highest BCUT2D eigenvalue weighted by atomic mass is 32.1. The molecule has 4 nitrogen and oxygen atoms in total. The Morgan fingerprint density at radius 3 is 2.36 bits per heavy atom. The average Bonchev–Trinajstić information content (AvgIpc) is 2.49. The fourth-order valence-electron chi connectivity index (χ4n) is 1.62. The molecule has 0 aromatic heterocycles. The molecule has 0 saturated heterocycles. The number of carbonyl (C=O) groups is 1. The van der Waals surface area contributed by atoms with Gasteiger partial charge in [0, 0.05) is 11.3 Å². The van der Waals surface area contributed by atoms with Gasteiger partial charge in [0.25, 0.3) is 5.91 Å². The molecule has 2 aromatic rings. The molecule has 3 N–H and O–H groups in total. The van der Waals surface area contributed by atoms with E-state index in [2.05, 4.69) is 16.2 Å². The Bertz CT molecular complexity index is 704. The monoisotopic (exact) mass is 321 g/mol. The number of hydrogen-bond donors (Lipinski definition) is 3. The summed E-state index contributed by atoms with van der Waals surface area (Å²) < 4.78 is 26.2. The van der Waals surface area contributed by atoms with Gasteiger partial charge in [-0.25, -0.2) is 8.78 Å². The second-order valence-corrected chi connectivity index (χ2v) is 4.91. The highest BCUT2D eigenvalue weighted by Crippen LogP contribution is 2.13. The summed E-state index contributed by atoms with van der Waals surface area (Å²) in [6, 6.07) is 9.62. The molecule has 2 aromatic carbocycles. The topological polar surface area (TPSA) is 53.2 Å². The minimum absolute atomic E-state index is 0.0960. The first-order valence-corrected chi connectivity index (χ1v) is 6.75. The van der Waals surface area contributed by atoms with Crippen LogP contribution >= 0.6 is 12.2 Å². The Kier molecular flexibility index (Phi) is 5.00.